The fraction of sp³-hybridized carbons (Fsp3) is 0.143. The topological polar surface area (TPSA) is 35.2 Å². The number of rotatable bonds is 3. The molecule has 0 bridgehead atoms. The molecule has 0 saturated carbocycles. The van der Waals surface area contributed by atoms with Crippen molar-refractivity contribution < 1.29 is 17.9 Å². The molecule has 0 unspecified atom stereocenters. The molecule has 0 aliphatic carbocycles. The van der Waals surface area contributed by atoms with E-state index in [0.717, 1.165) is 5.56 Å². The zero-order chi connectivity index (χ0) is 13.9. The molecule has 2 nitrogen and oxygen atoms in total. The van der Waals surface area contributed by atoms with Crippen molar-refractivity contribution in [3.63, 3.8) is 0 Å². The molecular formula is C14H13ClF3NO. The van der Waals surface area contributed by atoms with Crippen LogP contribution in [0.2, 0.25) is 0 Å². The Bertz CT molecular complexity index is 555. The molecular weight excluding hydrogens is 291 g/mol. The zero-order valence-electron chi connectivity index (χ0n) is 10.4. The van der Waals surface area contributed by atoms with E-state index in [1.165, 1.54) is 12.1 Å². The molecule has 2 rings (SSSR count). The molecule has 108 valence electrons. The first kappa shape index (κ1) is 16.3. The van der Waals surface area contributed by atoms with Crippen LogP contribution in [0.5, 0.6) is 5.75 Å². The van der Waals surface area contributed by atoms with Crippen LogP contribution in [-0.4, -0.2) is 6.36 Å². The number of alkyl halides is 3. The van der Waals surface area contributed by atoms with Crippen LogP contribution in [0, 0.1) is 0 Å². The molecule has 0 saturated heterocycles. The molecule has 0 spiro atoms. The van der Waals surface area contributed by atoms with Gasteiger partial charge in [-0.05, 0) is 17.2 Å². The summed E-state index contributed by atoms with van der Waals surface area (Å²) < 4.78 is 41.0. The molecule has 0 aliphatic rings. The van der Waals surface area contributed by atoms with Gasteiger partial charge in [0.15, 0.2) is 0 Å². The molecule has 2 N–H and O–H groups in total. The number of hydrogen-bond acceptors (Lipinski definition) is 2. The lowest BCUT2D eigenvalue weighted by Crippen LogP contribution is -2.17. The number of benzene rings is 2. The van der Waals surface area contributed by atoms with E-state index in [1.807, 2.05) is 0 Å². The first-order chi connectivity index (χ1) is 8.99. The molecule has 6 heteroatoms. The maximum absolute atomic E-state index is 12.3. The van der Waals surface area contributed by atoms with E-state index in [1.54, 1.807) is 36.4 Å². The number of hydrogen-bond donors (Lipinski definition) is 1. The van der Waals surface area contributed by atoms with Crippen molar-refractivity contribution in [1.29, 1.82) is 0 Å². The fourth-order valence-electron chi connectivity index (χ4n) is 1.74. The van der Waals surface area contributed by atoms with Gasteiger partial charge in [0.1, 0.15) is 5.75 Å². The minimum Gasteiger partial charge on any atom is -0.405 e. The zero-order valence-corrected chi connectivity index (χ0v) is 11.2. The highest BCUT2D eigenvalue weighted by molar-refractivity contribution is 5.85. The van der Waals surface area contributed by atoms with Crippen LogP contribution in [0.25, 0.3) is 11.1 Å². The van der Waals surface area contributed by atoms with Gasteiger partial charge in [-0.2, -0.15) is 0 Å². The highest BCUT2D eigenvalue weighted by atomic mass is 35.5. The Morgan fingerprint density at radius 2 is 1.55 bits per heavy atom. The Morgan fingerprint density at radius 3 is 2.10 bits per heavy atom. The second kappa shape index (κ2) is 6.63. The summed E-state index contributed by atoms with van der Waals surface area (Å²) in [4.78, 5) is 0. The summed E-state index contributed by atoms with van der Waals surface area (Å²) in [5.74, 6) is -0.213. The Kier molecular flexibility index (Phi) is 5.42. The fourth-order valence-corrected chi connectivity index (χ4v) is 1.74. The maximum Gasteiger partial charge on any atom is 0.573 e. The molecule has 0 amide bonds. The van der Waals surface area contributed by atoms with Crippen LogP contribution in [-0.2, 0) is 6.54 Å². The molecule has 0 aromatic heterocycles. The van der Waals surface area contributed by atoms with Gasteiger partial charge in [0, 0.05) is 12.1 Å². The average Bonchev–Trinajstić information content (AvgIpc) is 2.38. The standard InChI is InChI=1S/C14H12F3NO.ClH/c15-14(16,17)19-13-4-2-1-3-12(13)11-7-5-10(9-18)6-8-11;/h1-8H,9,18H2;1H. The summed E-state index contributed by atoms with van der Waals surface area (Å²) in [5.41, 5.74) is 7.44. The van der Waals surface area contributed by atoms with Gasteiger partial charge in [-0.1, -0.05) is 42.5 Å². The predicted octanol–water partition coefficient (Wildman–Crippen LogP) is 4.13. The van der Waals surface area contributed by atoms with E-state index in [9.17, 15) is 13.2 Å². The van der Waals surface area contributed by atoms with Crippen molar-refractivity contribution >= 4 is 12.4 Å². The van der Waals surface area contributed by atoms with Crippen molar-refractivity contribution in [3.05, 3.63) is 54.1 Å². The molecule has 0 aliphatic heterocycles. The minimum absolute atomic E-state index is 0. The third kappa shape index (κ3) is 4.15. The van der Waals surface area contributed by atoms with E-state index in [4.69, 9.17) is 5.73 Å². The van der Waals surface area contributed by atoms with Crippen LogP contribution >= 0.6 is 12.4 Å². The number of halogens is 4. The van der Waals surface area contributed by atoms with Crippen molar-refractivity contribution in [1.82, 2.24) is 0 Å². The van der Waals surface area contributed by atoms with Crippen molar-refractivity contribution in [3.8, 4) is 16.9 Å². The quantitative estimate of drug-likeness (QED) is 0.925. The van der Waals surface area contributed by atoms with Crippen LogP contribution in [0.3, 0.4) is 0 Å². The molecule has 0 atom stereocenters. The van der Waals surface area contributed by atoms with Crippen LogP contribution in [0.1, 0.15) is 5.56 Å². The molecule has 2 aromatic rings. The van der Waals surface area contributed by atoms with Crippen LogP contribution < -0.4 is 10.5 Å². The molecule has 20 heavy (non-hydrogen) atoms. The SMILES string of the molecule is Cl.NCc1ccc(-c2ccccc2OC(F)(F)F)cc1. The summed E-state index contributed by atoms with van der Waals surface area (Å²) in [5, 5.41) is 0. The summed E-state index contributed by atoms with van der Waals surface area (Å²) in [6, 6.07) is 13.0. The van der Waals surface area contributed by atoms with E-state index in [2.05, 4.69) is 4.74 Å². The van der Waals surface area contributed by atoms with Crippen LogP contribution in [0.15, 0.2) is 48.5 Å². The third-order valence-electron chi connectivity index (χ3n) is 2.61. The van der Waals surface area contributed by atoms with Gasteiger partial charge < -0.3 is 10.5 Å². The van der Waals surface area contributed by atoms with Gasteiger partial charge in [-0.3, -0.25) is 0 Å². The largest absolute Gasteiger partial charge is 0.573 e. The summed E-state index contributed by atoms with van der Waals surface area (Å²) in [7, 11) is 0. The molecule has 0 radical (unpaired) electrons. The van der Waals surface area contributed by atoms with Crippen molar-refractivity contribution in [2.24, 2.45) is 5.73 Å². The predicted molar refractivity (Wildman–Crippen MR) is 73.7 cm³/mol. The first-order valence-corrected chi connectivity index (χ1v) is 5.64. The monoisotopic (exact) mass is 303 g/mol. The van der Waals surface area contributed by atoms with Gasteiger partial charge in [-0.25, -0.2) is 0 Å². The lowest BCUT2D eigenvalue weighted by molar-refractivity contribution is -0.274. The lowest BCUT2D eigenvalue weighted by Gasteiger charge is -2.13. The Morgan fingerprint density at radius 1 is 0.950 bits per heavy atom. The molecule has 2 aromatic carbocycles. The van der Waals surface area contributed by atoms with E-state index in [0.29, 0.717) is 17.7 Å². The maximum atomic E-state index is 12.3. The normalized spacial score (nSPS) is 10.8. The Hall–Kier alpha value is -1.72. The third-order valence-corrected chi connectivity index (χ3v) is 2.61. The van der Waals surface area contributed by atoms with E-state index >= 15 is 0 Å². The van der Waals surface area contributed by atoms with Crippen LogP contribution in [0.4, 0.5) is 13.2 Å². The van der Waals surface area contributed by atoms with Gasteiger partial charge in [0.25, 0.3) is 0 Å². The minimum atomic E-state index is -4.70. The number of para-hydroxylation sites is 1. The average molecular weight is 304 g/mol. The number of nitrogens with two attached hydrogens (primary N) is 1. The Balaban J connectivity index is 0.00000200. The van der Waals surface area contributed by atoms with Crippen molar-refractivity contribution in [2.45, 2.75) is 12.9 Å². The second-order valence-corrected chi connectivity index (χ2v) is 3.95. The molecule has 0 fully saturated rings. The van der Waals surface area contributed by atoms with Gasteiger partial charge in [0.05, 0.1) is 0 Å². The lowest BCUT2D eigenvalue weighted by atomic mass is 10.0. The van der Waals surface area contributed by atoms with Crippen molar-refractivity contribution in [2.75, 3.05) is 0 Å². The molecule has 0 heterocycles. The summed E-state index contributed by atoms with van der Waals surface area (Å²) in [6.45, 7) is 0.390. The summed E-state index contributed by atoms with van der Waals surface area (Å²) >= 11 is 0. The summed E-state index contributed by atoms with van der Waals surface area (Å²) in [6.07, 6.45) is -4.70. The highest BCUT2D eigenvalue weighted by Gasteiger charge is 2.32. The van der Waals surface area contributed by atoms with E-state index in [-0.39, 0.29) is 18.2 Å². The van der Waals surface area contributed by atoms with Gasteiger partial charge in [0.2, 0.25) is 0 Å². The number of ether oxygens (including phenoxy) is 1. The van der Waals surface area contributed by atoms with E-state index < -0.39 is 6.36 Å². The highest BCUT2D eigenvalue weighted by Crippen LogP contribution is 2.33. The second-order valence-electron chi connectivity index (χ2n) is 3.95. The van der Waals surface area contributed by atoms with Gasteiger partial charge >= 0.3 is 6.36 Å². The van der Waals surface area contributed by atoms with Gasteiger partial charge in [-0.15, -0.1) is 25.6 Å². The first-order valence-electron chi connectivity index (χ1n) is 5.64. The smallest absolute Gasteiger partial charge is 0.405 e. The Labute approximate surface area is 120 Å².